The lowest BCUT2D eigenvalue weighted by Gasteiger charge is -2.13. The highest BCUT2D eigenvalue weighted by Gasteiger charge is 2.15. The largest absolute Gasteiger partial charge is 0.272 e. The Morgan fingerprint density at radius 1 is 1.09 bits per heavy atom. The van der Waals surface area contributed by atoms with Gasteiger partial charge in [-0.2, -0.15) is 5.10 Å². The van der Waals surface area contributed by atoms with Crippen molar-refractivity contribution in [2.24, 2.45) is 5.10 Å². The van der Waals surface area contributed by atoms with Crippen LogP contribution in [0.4, 0.5) is 0 Å². The van der Waals surface area contributed by atoms with Gasteiger partial charge in [0.2, 0.25) is 0 Å². The fraction of sp³-hybridized carbons (Fsp3) is 0.120. The number of rotatable bonds is 6. The number of halogens is 2. The van der Waals surface area contributed by atoms with Crippen LogP contribution in [-0.4, -0.2) is 26.9 Å². The Morgan fingerprint density at radius 3 is 2.56 bits per heavy atom. The van der Waals surface area contributed by atoms with E-state index in [9.17, 15) is 9.59 Å². The zero-order valence-electron chi connectivity index (χ0n) is 18.4. The Balaban J connectivity index is 1.58. The summed E-state index contributed by atoms with van der Waals surface area (Å²) in [5.74, 6) is -0.325. The molecule has 1 amide bonds. The number of carbonyl (C=O) groups excluding carboxylic acids is 1. The molecule has 4 aromatic rings. The topological polar surface area (TPSA) is 76.3 Å². The standard InChI is InChI=1S/C25H20Cl2N4O2S/c1-15-7-10-18(11-8-15)31-24(33)20-5-3-4-6-22(20)28-25(31)34-14-23(32)30-29-16(2)19-12-9-17(26)13-21(19)27/h3-13H,14H2,1-2H3,(H,30,32). The number of aromatic nitrogens is 2. The smallest absolute Gasteiger partial charge is 0.266 e. The molecule has 1 N–H and O–H groups in total. The third-order valence-corrected chi connectivity index (χ3v) is 6.53. The number of hydrogen-bond acceptors (Lipinski definition) is 5. The first kappa shape index (κ1) is 24.0. The summed E-state index contributed by atoms with van der Waals surface area (Å²) in [6, 6.07) is 19.8. The van der Waals surface area contributed by atoms with Gasteiger partial charge in [0.1, 0.15) is 0 Å². The van der Waals surface area contributed by atoms with Gasteiger partial charge in [0.15, 0.2) is 5.16 Å². The van der Waals surface area contributed by atoms with Crippen LogP contribution < -0.4 is 11.0 Å². The maximum atomic E-state index is 13.3. The molecule has 0 fully saturated rings. The van der Waals surface area contributed by atoms with Crippen molar-refractivity contribution in [3.63, 3.8) is 0 Å². The van der Waals surface area contributed by atoms with Crippen molar-refractivity contribution >= 4 is 57.5 Å². The molecule has 0 saturated heterocycles. The van der Waals surface area contributed by atoms with Gasteiger partial charge in [-0.05, 0) is 50.2 Å². The molecule has 34 heavy (non-hydrogen) atoms. The maximum Gasteiger partial charge on any atom is 0.266 e. The normalized spacial score (nSPS) is 11.6. The van der Waals surface area contributed by atoms with E-state index in [1.807, 2.05) is 37.3 Å². The molecule has 0 radical (unpaired) electrons. The van der Waals surface area contributed by atoms with E-state index in [2.05, 4.69) is 15.5 Å². The predicted octanol–water partition coefficient (Wildman–Crippen LogP) is 5.63. The molecule has 0 aliphatic heterocycles. The molecular weight excluding hydrogens is 491 g/mol. The second-order valence-corrected chi connectivity index (χ2v) is 9.32. The summed E-state index contributed by atoms with van der Waals surface area (Å²) in [6.45, 7) is 3.72. The van der Waals surface area contributed by atoms with Crippen LogP contribution in [-0.2, 0) is 4.79 Å². The molecular formula is C25H20Cl2N4O2S. The molecule has 172 valence electrons. The number of nitrogens with zero attached hydrogens (tertiary/aromatic N) is 3. The van der Waals surface area contributed by atoms with Crippen molar-refractivity contribution in [3.8, 4) is 5.69 Å². The van der Waals surface area contributed by atoms with Gasteiger partial charge in [0, 0.05) is 10.6 Å². The molecule has 0 unspecified atom stereocenters. The van der Waals surface area contributed by atoms with Crippen LogP contribution in [0.3, 0.4) is 0 Å². The predicted molar refractivity (Wildman–Crippen MR) is 140 cm³/mol. The number of para-hydroxylation sites is 1. The summed E-state index contributed by atoms with van der Waals surface area (Å²) in [5.41, 5.74) is 5.89. The Morgan fingerprint density at radius 2 is 1.82 bits per heavy atom. The van der Waals surface area contributed by atoms with E-state index in [1.54, 1.807) is 43.3 Å². The lowest BCUT2D eigenvalue weighted by Crippen LogP contribution is -2.24. The second-order valence-electron chi connectivity index (χ2n) is 7.53. The highest BCUT2D eigenvalue weighted by Crippen LogP contribution is 2.23. The average Bonchev–Trinajstić information content (AvgIpc) is 2.82. The number of nitrogens with one attached hydrogen (secondary N) is 1. The summed E-state index contributed by atoms with van der Waals surface area (Å²) in [4.78, 5) is 30.4. The monoisotopic (exact) mass is 510 g/mol. The Kier molecular flexibility index (Phi) is 7.36. The van der Waals surface area contributed by atoms with Crippen molar-refractivity contribution in [1.82, 2.24) is 15.0 Å². The number of amides is 1. The number of hydrogen-bond donors (Lipinski definition) is 1. The van der Waals surface area contributed by atoms with E-state index < -0.39 is 0 Å². The lowest BCUT2D eigenvalue weighted by atomic mass is 10.1. The van der Waals surface area contributed by atoms with Crippen LogP contribution in [0.25, 0.3) is 16.6 Å². The third kappa shape index (κ3) is 5.33. The van der Waals surface area contributed by atoms with E-state index in [0.29, 0.717) is 43.1 Å². The zero-order chi connectivity index (χ0) is 24.2. The minimum atomic E-state index is -0.340. The van der Waals surface area contributed by atoms with Crippen molar-refractivity contribution in [3.05, 3.63) is 98.3 Å². The number of benzene rings is 3. The quantitative estimate of drug-likeness (QED) is 0.158. The fourth-order valence-electron chi connectivity index (χ4n) is 3.28. The van der Waals surface area contributed by atoms with Crippen molar-refractivity contribution in [2.75, 3.05) is 5.75 Å². The summed E-state index contributed by atoms with van der Waals surface area (Å²) in [7, 11) is 0. The molecule has 6 nitrogen and oxygen atoms in total. The minimum absolute atomic E-state index is 0.0156. The second kappa shape index (κ2) is 10.4. The van der Waals surface area contributed by atoms with Crippen LogP contribution in [0.15, 0.2) is 81.8 Å². The van der Waals surface area contributed by atoms with Crippen LogP contribution >= 0.6 is 35.0 Å². The van der Waals surface area contributed by atoms with Crippen LogP contribution in [0.1, 0.15) is 18.1 Å². The zero-order valence-corrected chi connectivity index (χ0v) is 20.7. The first-order chi connectivity index (χ1) is 16.3. The van der Waals surface area contributed by atoms with E-state index in [0.717, 1.165) is 17.3 Å². The van der Waals surface area contributed by atoms with Crippen molar-refractivity contribution in [2.45, 2.75) is 19.0 Å². The minimum Gasteiger partial charge on any atom is -0.272 e. The lowest BCUT2D eigenvalue weighted by molar-refractivity contribution is -0.118. The van der Waals surface area contributed by atoms with Gasteiger partial charge in [0.25, 0.3) is 11.5 Å². The Hall–Kier alpha value is -3.13. The summed E-state index contributed by atoms with van der Waals surface area (Å²) < 4.78 is 1.53. The van der Waals surface area contributed by atoms with Crippen molar-refractivity contribution < 1.29 is 4.79 Å². The molecule has 4 rings (SSSR count). The first-order valence-electron chi connectivity index (χ1n) is 10.3. The molecule has 0 bridgehead atoms. The van der Waals surface area contributed by atoms with Gasteiger partial charge in [0.05, 0.1) is 33.1 Å². The molecule has 0 saturated carbocycles. The van der Waals surface area contributed by atoms with E-state index >= 15 is 0 Å². The number of fused-ring (bicyclic) bond motifs is 1. The first-order valence-corrected chi connectivity index (χ1v) is 12.1. The number of aryl methyl sites for hydroxylation is 1. The van der Waals surface area contributed by atoms with Gasteiger partial charge < -0.3 is 0 Å². The Bertz CT molecular complexity index is 1470. The highest BCUT2D eigenvalue weighted by atomic mass is 35.5. The van der Waals surface area contributed by atoms with Gasteiger partial charge in [-0.25, -0.2) is 10.4 Å². The van der Waals surface area contributed by atoms with Gasteiger partial charge in [-0.3, -0.25) is 14.2 Å². The highest BCUT2D eigenvalue weighted by molar-refractivity contribution is 7.99. The summed E-state index contributed by atoms with van der Waals surface area (Å²) >= 11 is 13.3. The van der Waals surface area contributed by atoms with Gasteiger partial charge in [-0.15, -0.1) is 0 Å². The number of hydrazone groups is 1. The van der Waals surface area contributed by atoms with Crippen molar-refractivity contribution in [1.29, 1.82) is 0 Å². The molecule has 0 spiro atoms. The van der Waals surface area contributed by atoms with E-state index in [1.165, 1.54) is 4.57 Å². The van der Waals surface area contributed by atoms with Gasteiger partial charge >= 0.3 is 0 Å². The third-order valence-electron chi connectivity index (χ3n) is 5.04. The Labute approximate surface area is 210 Å². The summed E-state index contributed by atoms with van der Waals surface area (Å²) in [6.07, 6.45) is 0. The molecule has 1 heterocycles. The summed E-state index contributed by atoms with van der Waals surface area (Å²) in [5, 5.41) is 6.04. The van der Waals surface area contributed by atoms with Crippen LogP contribution in [0.2, 0.25) is 10.0 Å². The average molecular weight is 511 g/mol. The van der Waals surface area contributed by atoms with Crippen LogP contribution in [0, 0.1) is 6.92 Å². The SMILES string of the molecule is CC(=NNC(=O)CSc1nc2ccccc2c(=O)n1-c1ccc(C)cc1)c1ccc(Cl)cc1Cl. The molecule has 1 aromatic heterocycles. The molecule has 9 heteroatoms. The fourth-order valence-corrected chi connectivity index (χ4v) is 4.63. The van der Waals surface area contributed by atoms with Gasteiger partial charge in [-0.1, -0.05) is 70.9 Å². The van der Waals surface area contributed by atoms with Crippen LogP contribution in [0.5, 0.6) is 0 Å². The molecule has 0 aliphatic carbocycles. The maximum absolute atomic E-state index is 13.3. The number of thioether (sulfide) groups is 1. The van der Waals surface area contributed by atoms with E-state index in [-0.39, 0.29) is 17.2 Å². The molecule has 0 aliphatic rings. The number of carbonyl (C=O) groups is 1. The molecule has 0 atom stereocenters. The molecule has 3 aromatic carbocycles. The van der Waals surface area contributed by atoms with E-state index in [4.69, 9.17) is 23.2 Å².